The van der Waals surface area contributed by atoms with Crippen molar-refractivity contribution in [1.29, 1.82) is 0 Å². The lowest BCUT2D eigenvalue weighted by molar-refractivity contribution is -0.143. The van der Waals surface area contributed by atoms with E-state index in [4.69, 9.17) is 0 Å². The fraction of sp³-hybridized carbons (Fsp3) is 0.765. The zero-order chi connectivity index (χ0) is 19.4. The van der Waals surface area contributed by atoms with Crippen molar-refractivity contribution in [3.63, 3.8) is 0 Å². The number of hydrogen-bond acceptors (Lipinski definition) is 4. The van der Waals surface area contributed by atoms with E-state index in [1.807, 2.05) is 12.3 Å². The van der Waals surface area contributed by atoms with E-state index in [-0.39, 0.29) is 11.5 Å². The van der Waals surface area contributed by atoms with E-state index in [1.165, 1.54) is 4.90 Å². The van der Waals surface area contributed by atoms with Crippen molar-refractivity contribution in [2.24, 2.45) is 4.99 Å². The summed E-state index contributed by atoms with van der Waals surface area (Å²) in [6, 6.07) is -0.0317. The molecule has 148 valence electrons. The first-order valence-electron chi connectivity index (χ1n) is 8.85. The average molecular weight is 392 g/mol. The molecule has 0 aromatic carbocycles. The third kappa shape index (κ3) is 6.75. The van der Waals surface area contributed by atoms with Crippen molar-refractivity contribution in [3.8, 4) is 0 Å². The minimum Gasteiger partial charge on any atom is -0.357 e. The molecule has 2 N–H and O–H groups in total. The Balaban J connectivity index is 1.92. The summed E-state index contributed by atoms with van der Waals surface area (Å²) < 4.78 is 37.5. The second-order valence-electron chi connectivity index (χ2n) is 7.57. The van der Waals surface area contributed by atoms with E-state index in [1.54, 1.807) is 11.3 Å². The van der Waals surface area contributed by atoms with Gasteiger partial charge in [-0.1, -0.05) is 20.8 Å². The molecule has 1 aromatic heterocycles. The van der Waals surface area contributed by atoms with Crippen molar-refractivity contribution in [2.75, 3.05) is 26.2 Å². The van der Waals surface area contributed by atoms with Crippen LogP contribution >= 0.6 is 11.3 Å². The molecule has 5 nitrogen and oxygen atoms in total. The number of aliphatic imine (C=N–C) groups is 1. The molecule has 2 rings (SSSR count). The standard InChI is InChI=1S/C17H28F3N5S/c1-5-21-15(22-8-13-10-26-14(23-13)16(2,3)4)24-12-6-7-25(9-12)11-17(18,19)20/h10,12H,5-9,11H2,1-4H3,(H2,21,22,24). The summed E-state index contributed by atoms with van der Waals surface area (Å²) in [4.78, 5) is 10.6. The molecular weight excluding hydrogens is 363 g/mol. The highest BCUT2D eigenvalue weighted by Crippen LogP contribution is 2.25. The SMILES string of the molecule is CCNC(=NCc1csc(C(C)(C)C)n1)NC1CCN(CC(F)(F)F)C1. The molecule has 1 atom stereocenters. The number of alkyl halides is 3. The number of hydrogen-bond donors (Lipinski definition) is 2. The summed E-state index contributed by atoms with van der Waals surface area (Å²) in [5, 5.41) is 9.48. The predicted molar refractivity (Wildman–Crippen MR) is 99.7 cm³/mol. The van der Waals surface area contributed by atoms with Gasteiger partial charge >= 0.3 is 6.18 Å². The second kappa shape index (κ2) is 8.56. The quantitative estimate of drug-likeness (QED) is 0.598. The first-order chi connectivity index (χ1) is 12.1. The number of halogens is 3. The van der Waals surface area contributed by atoms with Crippen molar-refractivity contribution in [1.82, 2.24) is 20.5 Å². The first-order valence-corrected chi connectivity index (χ1v) is 9.73. The molecule has 26 heavy (non-hydrogen) atoms. The van der Waals surface area contributed by atoms with Gasteiger partial charge in [0.25, 0.3) is 0 Å². The molecule has 0 aliphatic carbocycles. The number of rotatable bonds is 5. The molecule has 1 aliphatic heterocycles. The Hall–Kier alpha value is -1.35. The van der Waals surface area contributed by atoms with E-state index in [0.717, 1.165) is 10.7 Å². The van der Waals surface area contributed by atoms with Gasteiger partial charge in [0.1, 0.15) is 0 Å². The maximum absolute atomic E-state index is 12.5. The van der Waals surface area contributed by atoms with Gasteiger partial charge in [-0.05, 0) is 13.3 Å². The van der Waals surface area contributed by atoms with Crippen LogP contribution in [-0.4, -0.2) is 54.2 Å². The van der Waals surface area contributed by atoms with Gasteiger partial charge in [0.2, 0.25) is 0 Å². The molecule has 0 spiro atoms. The van der Waals surface area contributed by atoms with Crippen molar-refractivity contribution in [3.05, 3.63) is 16.1 Å². The number of nitrogens with zero attached hydrogens (tertiary/aromatic N) is 3. The van der Waals surface area contributed by atoms with Crippen LogP contribution in [0.1, 0.15) is 44.8 Å². The van der Waals surface area contributed by atoms with Gasteiger partial charge in [-0.2, -0.15) is 13.2 Å². The average Bonchev–Trinajstić information content (AvgIpc) is 3.12. The van der Waals surface area contributed by atoms with E-state index in [2.05, 4.69) is 41.4 Å². The number of thiazole rings is 1. The highest BCUT2D eigenvalue weighted by Gasteiger charge is 2.34. The normalized spacial score (nSPS) is 19.8. The van der Waals surface area contributed by atoms with Crippen LogP contribution in [-0.2, 0) is 12.0 Å². The molecule has 0 bridgehead atoms. The topological polar surface area (TPSA) is 52.6 Å². The minimum absolute atomic E-state index is 0.0150. The summed E-state index contributed by atoms with van der Waals surface area (Å²) in [7, 11) is 0. The molecule has 1 aliphatic rings. The Labute approximate surface area is 157 Å². The summed E-state index contributed by atoms with van der Waals surface area (Å²) >= 11 is 1.63. The monoisotopic (exact) mass is 391 g/mol. The second-order valence-corrected chi connectivity index (χ2v) is 8.43. The first kappa shape index (κ1) is 21.0. The Morgan fingerprint density at radius 1 is 1.38 bits per heavy atom. The van der Waals surface area contributed by atoms with Crippen LogP contribution in [0.5, 0.6) is 0 Å². The summed E-state index contributed by atoms with van der Waals surface area (Å²) in [5.74, 6) is 0.622. The van der Waals surface area contributed by atoms with Crippen molar-refractivity contribution >= 4 is 17.3 Å². The van der Waals surface area contributed by atoms with E-state index < -0.39 is 12.7 Å². The van der Waals surface area contributed by atoms with Crippen LogP contribution in [0.25, 0.3) is 0 Å². The van der Waals surface area contributed by atoms with Crippen molar-refractivity contribution < 1.29 is 13.2 Å². The Kier molecular flexibility index (Phi) is 6.90. The van der Waals surface area contributed by atoms with Crippen LogP contribution in [0.15, 0.2) is 10.4 Å². The molecule has 0 saturated carbocycles. The Morgan fingerprint density at radius 3 is 2.69 bits per heavy atom. The molecule has 1 aromatic rings. The maximum atomic E-state index is 12.5. The van der Waals surface area contributed by atoms with E-state index in [0.29, 0.717) is 38.6 Å². The number of likely N-dealkylation sites (tertiary alicyclic amines) is 1. The summed E-state index contributed by atoms with van der Waals surface area (Å²) in [6.07, 6.45) is -3.48. The van der Waals surface area contributed by atoms with Gasteiger partial charge in [-0.15, -0.1) is 11.3 Å². The smallest absolute Gasteiger partial charge is 0.357 e. The summed E-state index contributed by atoms with van der Waals surface area (Å²) in [5.41, 5.74) is 0.920. The highest BCUT2D eigenvalue weighted by atomic mass is 32.1. The van der Waals surface area contributed by atoms with Crippen molar-refractivity contribution in [2.45, 2.75) is 58.3 Å². The van der Waals surface area contributed by atoms with Gasteiger partial charge < -0.3 is 10.6 Å². The van der Waals surface area contributed by atoms with Gasteiger partial charge in [-0.3, -0.25) is 4.90 Å². The zero-order valence-electron chi connectivity index (χ0n) is 15.8. The van der Waals surface area contributed by atoms with Crippen LogP contribution in [0.4, 0.5) is 13.2 Å². The molecule has 1 saturated heterocycles. The van der Waals surface area contributed by atoms with Crippen LogP contribution < -0.4 is 10.6 Å². The molecule has 1 unspecified atom stereocenters. The minimum atomic E-state index is -4.15. The highest BCUT2D eigenvalue weighted by molar-refractivity contribution is 7.09. The van der Waals surface area contributed by atoms with Crippen LogP contribution in [0.2, 0.25) is 0 Å². The number of nitrogens with one attached hydrogen (secondary N) is 2. The molecule has 1 fully saturated rings. The molecular formula is C17H28F3N5S. The summed E-state index contributed by atoms with van der Waals surface area (Å²) in [6.45, 7) is 9.42. The number of guanidine groups is 1. The molecule has 0 radical (unpaired) electrons. The van der Waals surface area contributed by atoms with Crippen LogP contribution in [0, 0.1) is 0 Å². The lowest BCUT2D eigenvalue weighted by atomic mass is 9.98. The van der Waals surface area contributed by atoms with Gasteiger partial charge in [-0.25, -0.2) is 9.98 Å². The lowest BCUT2D eigenvalue weighted by Gasteiger charge is -2.19. The Bertz CT molecular complexity index is 606. The third-order valence-electron chi connectivity index (χ3n) is 3.95. The largest absolute Gasteiger partial charge is 0.401 e. The number of aromatic nitrogens is 1. The fourth-order valence-corrected chi connectivity index (χ4v) is 3.64. The fourth-order valence-electron chi connectivity index (χ4n) is 2.75. The maximum Gasteiger partial charge on any atom is 0.401 e. The third-order valence-corrected chi connectivity index (χ3v) is 5.27. The van der Waals surface area contributed by atoms with E-state index in [9.17, 15) is 13.2 Å². The predicted octanol–water partition coefficient (Wildman–Crippen LogP) is 3.13. The van der Waals surface area contributed by atoms with E-state index >= 15 is 0 Å². The molecule has 0 amide bonds. The lowest BCUT2D eigenvalue weighted by Crippen LogP contribution is -2.45. The van der Waals surface area contributed by atoms with Crippen LogP contribution in [0.3, 0.4) is 0 Å². The van der Waals surface area contributed by atoms with Gasteiger partial charge in [0.05, 0.1) is 23.8 Å². The molecule has 9 heteroatoms. The van der Waals surface area contributed by atoms with Gasteiger partial charge in [0, 0.05) is 36.5 Å². The zero-order valence-corrected chi connectivity index (χ0v) is 16.6. The Morgan fingerprint density at radius 2 is 2.12 bits per heavy atom. The molecule has 2 heterocycles. The van der Waals surface area contributed by atoms with Gasteiger partial charge in [0.15, 0.2) is 5.96 Å².